The van der Waals surface area contributed by atoms with Crippen molar-refractivity contribution in [3.63, 3.8) is 0 Å². The number of aromatic amines is 1. The molecule has 3 N–H and O–H groups in total. The summed E-state index contributed by atoms with van der Waals surface area (Å²) in [5.74, 6) is -2.56. The van der Waals surface area contributed by atoms with Gasteiger partial charge in [-0.1, -0.05) is 28.2 Å². The molecule has 0 radical (unpaired) electrons. The maximum Gasteiger partial charge on any atom is 0.333 e. The number of carbonyl (C=O) groups excluding carboxylic acids is 5. The van der Waals surface area contributed by atoms with Crippen molar-refractivity contribution in [2.75, 3.05) is 24.6 Å². The lowest BCUT2D eigenvalue weighted by Crippen LogP contribution is -2.32. The second kappa shape index (κ2) is 16.4. The van der Waals surface area contributed by atoms with E-state index in [2.05, 4.69) is 17.2 Å². The molecule has 0 unspecified atom stereocenters. The molecule has 14 nitrogen and oxygen atoms in total. The Balaban J connectivity index is 1.44. The molecule has 0 atom stereocenters. The molecule has 17 heteroatoms. The van der Waals surface area contributed by atoms with Gasteiger partial charge in [-0.05, 0) is 6.42 Å². The van der Waals surface area contributed by atoms with Crippen molar-refractivity contribution in [3.8, 4) is 0 Å². The van der Waals surface area contributed by atoms with Gasteiger partial charge in [-0.25, -0.2) is 9.59 Å². The summed E-state index contributed by atoms with van der Waals surface area (Å²) in [6, 6.07) is 0. The van der Waals surface area contributed by atoms with Gasteiger partial charge in [-0.2, -0.15) is 4.39 Å². The molecule has 214 valence electrons. The van der Waals surface area contributed by atoms with Crippen LogP contribution in [0.1, 0.15) is 38.5 Å². The van der Waals surface area contributed by atoms with Gasteiger partial charge in [0.25, 0.3) is 11.5 Å². The van der Waals surface area contributed by atoms with E-state index in [9.17, 15) is 38.0 Å². The molecule has 0 spiro atoms. The van der Waals surface area contributed by atoms with Crippen LogP contribution in [0.4, 0.5) is 4.39 Å². The van der Waals surface area contributed by atoms with Crippen molar-refractivity contribution >= 4 is 51.2 Å². The highest BCUT2D eigenvalue weighted by atomic mass is 33.1. The van der Waals surface area contributed by atoms with Crippen LogP contribution in [0.2, 0.25) is 0 Å². The predicted octanol–water partition coefficient (Wildman–Crippen LogP) is -0.0551. The van der Waals surface area contributed by atoms with Gasteiger partial charge in [0, 0.05) is 43.9 Å². The molecule has 1 aliphatic heterocycles. The number of H-pyrrole nitrogens is 1. The fourth-order valence-electron chi connectivity index (χ4n) is 2.88. The van der Waals surface area contributed by atoms with Crippen molar-refractivity contribution in [2.24, 2.45) is 0 Å². The van der Waals surface area contributed by atoms with Crippen LogP contribution in [0, 0.1) is 5.82 Å². The highest BCUT2D eigenvalue weighted by Gasteiger charge is 2.28. The summed E-state index contributed by atoms with van der Waals surface area (Å²) in [5, 5.41) is 6.18. The first-order valence-electron chi connectivity index (χ1n) is 11.7. The molecule has 1 fully saturated rings. The second-order valence-corrected chi connectivity index (χ2v) is 10.6. The lowest BCUT2D eigenvalue weighted by molar-refractivity contribution is -0.186. The maximum atomic E-state index is 13.2. The summed E-state index contributed by atoms with van der Waals surface area (Å²) in [7, 11) is 2.94. The Hall–Kier alpha value is -3.60. The van der Waals surface area contributed by atoms with Crippen LogP contribution in [0.3, 0.4) is 0 Å². The molecule has 1 aromatic heterocycles. The third kappa shape index (κ3) is 11.8. The van der Waals surface area contributed by atoms with E-state index in [1.54, 1.807) is 4.98 Å². The first-order valence-corrected chi connectivity index (χ1v) is 14.2. The SMILES string of the molecule is C=C1CCC(=O)N1OC(=O)CCC(=O)NCCSSCCNC(=O)CCC(=O)OCn1cc(F)c(=O)[nH]c1=O. The van der Waals surface area contributed by atoms with Gasteiger partial charge < -0.3 is 20.2 Å². The monoisotopic (exact) mass is 589 g/mol. The minimum Gasteiger partial charge on any atom is -0.444 e. The molecule has 1 aromatic rings. The van der Waals surface area contributed by atoms with E-state index in [4.69, 9.17) is 9.57 Å². The van der Waals surface area contributed by atoms with E-state index >= 15 is 0 Å². The van der Waals surface area contributed by atoms with Crippen LogP contribution in [0.5, 0.6) is 0 Å². The molecule has 0 saturated carbocycles. The standard InChI is InChI=1S/C22H28FN5O9S2/c1-14-2-5-18(31)28(14)37-20(33)7-4-17(30)25-9-11-39-38-10-8-24-16(29)3-6-19(32)36-13-27-12-15(23)21(34)26-22(27)35/h12H,1-11,13H2,(H,24,29)(H,25,30)(H,26,34,35). The summed E-state index contributed by atoms with van der Waals surface area (Å²) >= 11 is 0. The van der Waals surface area contributed by atoms with Gasteiger partial charge in [-0.3, -0.25) is 33.5 Å². The van der Waals surface area contributed by atoms with Crippen molar-refractivity contribution in [2.45, 2.75) is 45.3 Å². The number of esters is 1. The van der Waals surface area contributed by atoms with Crippen LogP contribution < -0.4 is 21.9 Å². The minimum absolute atomic E-state index is 0.0745. The maximum absolute atomic E-state index is 13.2. The first kappa shape index (κ1) is 31.6. The summed E-state index contributed by atoms with van der Waals surface area (Å²) in [4.78, 5) is 87.8. The zero-order valence-corrected chi connectivity index (χ0v) is 22.5. The molecule has 2 rings (SSSR count). The lowest BCUT2D eigenvalue weighted by atomic mass is 10.3. The van der Waals surface area contributed by atoms with E-state index in [0.717, 1.165) is 5.06 Å². The molecule has 1 saturated heterocycles. The Bertz CT molecular complexity index is 1190. The molecule has 0 aromatic carbocycles. The number of ether oxygens (including phenoxy) is 1. The summed E-state index contributed by atoms with van der Waals surface area (Å²) < 4.78 is 18.6. The number of allylic oxidation sites excluding steroid dienone is 1. The number of hydrogen-bond donors (Lipinski definition) is 3. The highest BCUT2D eigenvalue weighted by molar-refractivity contribution is 8.76. The first-order chi connectivity index (χ1) is 18.6. The average molecular weight is 590 g/mol. The Morgan fingerprint density at radius 2 is 1.54 bits per heavy atom. The van der Waals surface area contributed by atoms with Crippen LogP contribution >= 0.6 is 21.6 Å². The van der Waals surface area contributed by atoms with E-state index in [1.807, 2.05) is 0 Å². The summed E-state index contributed by atoms with van der Waals surface area (Å²) in [6.45, 7) is 3.75. The molecule has 0 aliphatic carbocycles. The summed E-state index contributed by atoms with van der Waals surface area (Å²) in [6.07, 6.45) is 0.644. The molecular weight excluding hydrogens is 561 g/mol. The van der Waals surface area contributed by atoms with Gasteiger partial charge in [0.05, 0.1) is 24.7 Å². The zero-order valence-electron chi connectivity index (χ0n) is 20.8. The number of hydroxylamine groups is 2. The van der Waals surface area contributed by atoms with Gasteiger partial charge in [0.1, 0.15) is 0 Å². The molecule has 1 aliphatic rings. The number of carbonyl (C=O) groups is 5. The van der Waals surface area contributed by atoms with Crippen LogP contribution in [0.25, 0.3) is 0 Å². The number of nitrogens with zero attached hydrogens (tertiary/aromatic N) is 2. The predicted molar refractivity (Wildman–Crippen MR) is 138 cm³/mol. The second-order valence-electron chi connectivity index (χ2n) is 7.91. The van der Waals surface area contributed by atoms with Gasteiger partial charge in [-0.15, -0.1) is 5.06 Å². The lowest BCUT2D eigenvalue weighted by Gasteiger charge is -2.15. The normalized spacial score (nSPS) is 12.8. The highest BCUT2D eigenvalue weighted by Crippen LogP contribution is 2.21. The van der Waals surface area contributed by atoms with Crippen molar-refractivity contribution < 1.29 is 37.9 Å². The van der Waals surface area contributed by atoms with Crippen LogP contribution in [0.15, 0.2) is 28.1 Å². The van der Waals surface area contributed by atoms with E-state index in [0.29, 0.717) is 47.5 Å². The van der Waals surface area contributed by atoms with E-state index in [-0.39, 0.29) is 49.8 Å². The Kier molecular flexibility index (Phi) is 13.3. The van der Waals surface area contributed by atoms with Gasteiger partial charge in [0.2, 0.25) is 17.6 Å². The minimum atomic E-state index is -1.20. The van der Waals surface area contributed by atoms with Crippen LogP contribution in [-0.4, -0.2) is 68.9 Å². The number of amides is 3. The third-order valence-corrected chi connectivity index (χ3v) is 7.29. The number of nitrogens with one attached hydrogen (secondary N) is 3. The molecular formula is C22H28FN5O9S2. The molecule has 2 heterocycles. The van der Waals surface area contributed by atoms with Crippen molar-refractivity contribution in [1.29, 1.82) is 0 Å². The number of hydrogen-bond acceptors (Lipinski definition) is 11. The van der Waals surface area contributed by atoms with Gasteiger partial charge in [0.15, 0.2) is 6.73 Å². The largest absolute Gasteiger partial charge is 0.444 e. The average Bonchev–Trinajstić information content (AvgIpc) is 3.21. The number of halogens is 1. The smallest absolute Gasteiger partial charge is 0.333 e. The third-order valence-electron chi connectivity index (χ3n) is 4.88. The Morgan fingerprint density at radius 1 is 0.949 bits per heavy atom. The van der Waals surface area contributed by atoms with E-state index in [1.165, 1.54) is 21.6 Å². The molecule has 39 heavy (non-hydrogen) atoms. The van der Waals surface area contributed by atoms with E-state index < -0.39 is 35.7 Å². The molecule has 3 amide bonds. The summed E-state index contributed by atoms with van der Waals surface area (Å²) in [5.41, 5.74) is -1.71. The van der Waals surface area contributed by atoms with Gasteiger partial charge >= 0.3 is 17.6 Å². The Labute approximate surface area is 229 Å². The zero-order chi connectivity index (χ0) is 28.8. The van der Waals surface area contributed by atoms with Crippen molar-refractivity contribution in [1.82, 2.24) is 25.2 Å². The van der Waals surface area contributed by atoms with Crippen LogP contribution in [-0.2, 0) is 40.3 Å². The fourth-order valence-corrected chi connectivity index (χ4v) is 4.69. The van der Waals surface area contributed by atoms with Crippen molar-refractivity contribution in [3.05, 3.63) is 45.1 Å². The number of rotatable bonds is 16. The fraction of sp³-hybridized carbons (Fsp3) is 0.500. The quantitative estimate of drug-likeness (QED) is 0.133. The number of aromatic nitrogens is 2. The molecule has 0 bridgehead atoms. The topological polar surface area (TPSA) is 186 Å². The Morgan fingerprint density at radius 3 is 2.10 bits per heavy atom.